The SMILES string of the molecule is CNC(=O)c1cccc(N[C@H](C)C(=O)Nc2cc3oc4ccccc4c3cc2OC)c1. The van der Waals surface area contributed by atoms with Crippen molar-refractivity contribution in [2.45, 2.75) is 13.0 Å². The molecular weight excluding hydrogens is 394 g/mol. The molecule has 2 amide bonds. The topological polar surface area (TPSA) is 92.6 Å². The van der Waals surface area contributed by atoms with Gasteiger partial charge in [-0.25, -0.2) is 0 Å². The number of carbonyl (C=O) groups excluding carboxylic acids is 2. The summed E-state index contributed by atoms with van der Waals surface area (Å²) in [6, 6.07) is 17.8. The van der Waals surface area contributed by atoms with E-state index < -0.39 is 6.04 Å². The van der Waals surface area contributed by atoms with Crippen molar-refractivity contribution in [2.24, 2.45) is 0 Å². The van der Waals surface area contributed by atoms with E-state index in [0.717, 1.165) is 16.4 Å². The molecule has 1 aromatic heterocycles. The fourth-order valence-corrected chi connectivity index (χ4v) is 3.47. The second-order valence-electron chi connectivity index (χ2n) is 7.16. The first-order valence-electron chi connectivity index (χ1n) is 9.89. The normalized spacial score (nSPS) is 11.8. The molecule has 0 saturated heterocycles. The highest BCUT2D eigenvalue weighted by atomic mass is 16.5. The lowest BCUT2D eigenvalue weighted by molar-refractivity contribution is -0.116. The Morgan fingerprint density at radius 3 is 2.55 bits per heavy atom. The lowest BCUT2D eigenvalue weighted by Gasteiger charge is -2.17. The van der Waals surface area contributed by atoms with Crippen LogP contribution in [-0.4, -0.2) is 32.0 Å². The number of fused-ring (bicyclic) bond motifs is 3. The van der Waals surface area contributed by atoms with E-state index in [4.69, 9.17) is 9.15 Å². The second-order valence-corrected chi connectivity index (χ2v) is 7.16. The van der Waals surface area contributed by atoms with E-state index in [1.807, 2.05) is 30.3 Å². The molecule has 4 rings (SSSR count). The van der Waals surface area contributed by atoms with Gasteiger partial charge in [0.25, 0.3) is 5.91 Å². The Balaban J connectivity index is 1.56. The van der Waals surface area contributed by atoms with Crippen LogP contribution < -0.4 is 20.7 Å². The fraction of sp³-hybridized carbons (Fsp3) is 0.167. The molecule has 0 fully saturated rings. The Bertz CT molecular complexity index is 1280. The number of para-hydroxylation sites is 1. The number of rotatable bonds is 6. The zero-order valence-electron chi connectivity index (χ0n) is 17.5. The maximum Gasteiger partial charge on any atom is 0.251 e. The van der Waals surface area contributed by atoms with Crippen molar-refractivity contribution < 1.29 is 18.7 Å². The third kappa shape index (κ3) is 4.02. The van der Waals surface area contributed by atoms with Gasteiger partial charge in [0.1, 0.15) is 23.0 Å². The van der Waals surface area contributed by atoms with Gasteiger partial charge in [0.2, 0.25) is 5.91 Å². The Hall–Kier alpha value is -4.00. The summed E-state index contributed by atoms with van der Waals surface area (Å²) < 4.78 is 11.4. The summed E-state index contributed by atoms with van der Waals surface area (Å²) in [5.74, 6) is 0.102. The first-order chi connectivity index (χ1) is 15.0. The zero-order chi connectivity index (χ0) is 22.0. The molecule has 0 aliphatic rings. The molecule has 0 aliphatic heterocycles. The molecular formula is C24H23N3O4. The van der Waals surface area contributed by atoms with E-state index in [9.17, 15) is 9.59 Å². The standard InChI is InChI=1S/C24H23N3O4/c1-14(26-16-8-6-7-15(11-16)24(29)25-2)23(28)27-19-13-21-18(12-22(19)30-3)17-9-4-5-10-20(17)31-21/h4-14,26H,1-3H3,(H,25,29)(H,27,28)/t14-/m1/s1. The van der Waals surface area contributed by atoms with E-state index >= 15 is 0 Å². The summed E-state index contributed by atoms with van der Waals surface area (Å²) in [4.78, 5) is 24.7. The van der Waals surface area contributed by atoms with Crippen molar-refractivity contribution in [1.29, 1.82) is 0 Å². The summed E-state index contributed by atoms with van der Waals surface area (Å²) >= 11 is 0. The minimum atomic E-state index is -0.559. The van der Waals surface area contributed by atoms with Crippen LogP contribution in [0.5, 0.6) is 5.75 Å². The van der Waals surface area contributed by atoms with Crippen LogP contribution in [0.3, 0.4) is 0 Å². The molecule has 3 N–H and O–H groups in total. The van der Waals surface area contributed by atoms with Crippen LogP contribution in [0, 0.1) is 0 Å². The van der Waals surface area contributed by atoms with Crippen LogP contribution in [0.25, 0.3) is 21.9 Å². The molecule has 0 spiro atoms. The number of methoxy groups -OCH3 is 1. The van der Waals surface area contributed by atoms with Crippen LogP contribution in [0.15, 0.2) is 65.1 Å². The first-order valence-corrected chi connectivity index (χ1v) is 9.89. The van der Waals surface area contributed by atoms with Crippen molar-refractivity contribution >= 4 is 45.1 Å². The smallest absolute Gasteiger partial charge is 0.251 e. The van der Waals surface area contributed by atoms with Crippen LogP contribution in [0.2, 0.25) is 0 Å². The summed E-state index contributed by atoms with van der Waals surface area (Å²) in [6.45, 7) is 1.74. The molecule has 7 nitrogen and oxygen atoms in total. The third-order valence-electron chi connectivity index (χ3n) is 5.08. The Morgan fingerprint density at radius 1 is 0.968 bits per heavy atom. The van der Waals surface area contributed by atoms with Gasteiger partial charge in [0.05, 0.1) is 12.8 Å². The van der Waals surface area contributed by atoms with Crippen molar-refractivity contribution in [3.63, 3.8) is 0 Å². The number of nitrogens with one attached hydrogen (secondary N) is 3. The molecule has 0 unspecified atom stereocenters. The molecule has 3 aromatic carbocycles. The van der Waals surface area contributed by atoms with Gasteiger partial charge >= 0.3 is 0 Å². The van der Waals surface area contributed by atoms with Gasteiger partial charge in [0.15, 0.2) is 0 Å². The number of carbonyl (C=O) groups is 2. The van der Waals surface area contributed by atoms with Gasteiger partial charge in [-0.1, -0.05) is 24.3 Å². The predicted octanol–water partition coefficient (Wildman–Crippen LogP) is 4.39. The number of hydrogen-bond donors (Lipinski definition) is 3. The number of benzene rings is 3. The predicted molar refractivity (Wildman–Crippen MR) is 122 cm³/mol. The molecule has 4 aromatic rings. The summed E-state index contributed by atoms with van der Waals surface area (Å²) in [6.07, 6.45) is 0. The van der Waals surface area contributed by atoms with Gasteiger partial charge in [-0.2, -0.15) is 0 Å². The fourth-order valence-electron chi connectivity index (χ4n) is 3.47. The molecule has 0 aliphatic carbocycles. The average Bonchev–Trinajstić information content (AvgIpc) is 3.15. The number of hydrogen-bond acceptors (Lipinski definition) is 5. The molecule has 7 heteroatoms. The van der Waals surface area contributed by atoms with Crippen LogP contribution in [0.4, 0.5) is 11.4 Å². The molecule has 0 saturated carbocycles. The number of ether oxygens (including phenoxy) is 1. The lowest BCUT2D eigenvalue weighted by atomic mass is 10.1. The summed E-state index contributed by atoms with van der Waals surface area (Å²) in [5.41, 5.74) is 3.14. The van der Waals surface area contributed by atoms with Crippen LogP contribution in [-0.2, 0) is 4.79 Å². The van der Waals surface area contributed by atoms with Crippen molar-refractivity contribution in [3.8, 4) is 5.75 Å². The molecule has 158 valence electrons. The van der Waals surface area contributed by atoms with Gasteiger partial charge in [-0.05, 0) is 37.3 Å². The van der Waals surface area contributed by atoms with E-state index in [0.29, 0.717) is 28.3 Å². The highest BCUT2D eigenvalue weighted by Crippen LogP contribution is 2.36. The van der Waals surface area contributed by atoms with Crippen molar-refractivity contribution in [2.75, 3.05) is 24.8 Å². The van der Waals surface area contributed by atoms with Gasteiger partial charge in [-0.3, -0.25) is 9.59 Å². The van der Waals surface area contributed by atoms with Crippen LogP contribution >= 0.6 is 0 Å². The molecule has 1 heterocycles. The Kier molecular flexibility index (Phi) is 5.49. The van der Waals surface area contributed by atoms with Gasteiger partial charge in [-0.15, -0.1) is 0 Å². The van der Waals surface area contributed by atoms with E-state index in [-0.39, 0.29) is 11.8 Å². The minimum Gasteiger partial charge on any atom is -0.495 e. The molecule has 0 radical (unpaired) electrons. The third-order valence-corrected chi connectivity index (χ3v) is 5.08. The highest BCUT2D eigenvalue weighted by molar-refractivity contribution is 6.08. The molecule has 1 atom stereocenters. The van der Waals surface area contributed by atoms with Crippen molar-refractivity contribution in [1.82, 2.24) is 5.32 Å². The van der Waals surface area contributed by atoms with Gasteiger partial charge < -0.3 is 25.1 Å². The first kappa shape index (κ1) is 20.3. The quantitative estimate of drug-likeness (QED) is 0.433. The molecule has 31 heavy (non-hydrogen) atoms. The van der Waals surface area contributed by atoms with Crippen molar-refractivity contribution in [3.05, 3.63) is 66.2 Å². The maximum absolute atomic E-state index is 12.8. The van der Waals surface area contributed by atoms with E-state index in [1.54, 1.807) is 51.4 Å². The van der Waals surface area contributed by atoms with E-state index in [2.05, 4.69) is 16.0 Å². The number of amides is 2. The number of furan rings is 1. The second kappa shape index (κ2) is 8.39. The molecule has 0 bridgehead atoms. The highest BCUT2D eigenvalue weighted by Gasteiger charge is 2.18. The van der Waals surface area contributed by atoms with Gasteiger partial charge in [0, 0.05) is 35.1 Å². The van der Waals surface area contributed by atoms with Crippen LogP contribution in [0.1, 0.15) is 17.3 Å². The largest absolute Gasteiger partial charge is 0.495 e. The summed E-state index contributed by atoms with van der Waals surface area (Å²) in [7, 11) is 3.13. The average molecular weight is 417 g/mol. The van der Waals surface area contributed by atoms with E-state index in [1.165, 1.54) is 0 Å². The minimum absolute atomic E-state index is 0.190. The monoisotopic (exact) mass is 417 g/mol. The summed E-state index contributed by atoms with van der Waals surface area (Å²) in [5, 5.41) is 10.5. The number of anilines is 2. The maximum atomic E-state index is 12.8. The Labute approximate surface area is 179 Å². The zero-order valence-corrected chi connectivity index (χ0v) is 17.5. The Morgan fingerprint density at radius 2 is 1.77 bits per heavy atom. The lowest BCUT2D eigenvalue weighted by Crippen LogP contribution is -2.32.